The summed E-state index contributed by atoms with van der Waals surface area (Å²) in [5, 5.41) is -0.450. The van der Waals surface area contributed by atoms with Crippen molar-refractivity contribution in [3.8, 4) is 0 Å². The van der Waals surface area contributed by atoms with Crippen LogP contribution < -0.4 is 4.72 Å². The predicted octanol–water partition coefficient (Wildman–Crippen LogP) is 2.26. The molecule has 86 valence electrons. The lowest BCUT2D eigenvalue weighted by atomic mass is 10.5. The molecule has 1 aromatic rings. The first-order chi connectivity index (χ1) is 7.02. The Hall–Kier alpha value is -1.10. The molecule has 5 heteroatoms. The molecule has 0 aliphatic carbocycles. The van der Waals surface area contributed by atoms with E-state index in [2.05, 4.69) is 9.71 Å². The van der Waals surface area contributed by atoms with Gasteiger partial charge in [0, 0.05) is 6.20 Å². The highest BCUT2D eigenvalue weighted by molar-refractivity contribution is 7.93. The van der Waals surface area contributed by atoms with E-state index in [9.17, 15) is 8.42 Å². The van der Waals surface area contributed by atoms with Gasteiger partial charge in [-0.15, -0.1) is 0 Å². The van der Waals surface area contributed by atoms with Gasteiger partial charge in [-0.05, 0) is 26.0 Å². The second-order valence-electron chi connectivity index (χ2n) is 2.91. The topological polar surface area (TPSA) is 59.1 Å². The van der Waals surface area contributed by atoms with Gasteiger partial charge in [0.2, 0.25) is 10.0 Å². The number of aromatic nitrogens is 1. The molecule has 0 amide bonds. The van der Waals surface area contributed by atoms with Crippen molar-refractivity contribution >= 4 is 15.8 Å². The number of hydrogen-bond acceptors (Lipinski definition) is 3. The molecule has 0 unspecified atom stereocenters. The van der Waals surface area contributed by atoms with E-state index in [0.717, 1.165) is 0 Å². The zero-order chi connectivity index (χ0) is 11.9. The summed E-state index contributed by atoms with van der Waals surface area (Å²) in [6.07, 6.45) is 1.54. The number of rotatable bonds is 3. The van der Waals surface area contributed by atoms with Crippen LogP contribution in [0, 0.1) is 0 Å². The van der Waals surface area contributed by atoms with Crippen LogP contribution in [0.2, 0.25) is 0 Å². The molecule has 0 saturated heterocycles. The largest absolute Gasteiger partial charge is 0.267 e. The van der Waals surface area contributed by atoms with Crippen LogP contribution >= 0.6 is 0 Å². The van der Waals surface area contributed by atoms with Gasteiger partial charge in [0.1, 0.15) is 5.82 Å². The van der Waals surface area contributed by atoms with E-state index >= 15 is 0 Å². The van der Waals surface area contributed by atoms with Crippen LogP contribution in [0.15, 0.2) is 24.4 Å². The molecule has 0 saturated carbocycles. The first kappa shape index (κ1) is 13.9. The molecule has 1 heterocycles. The Kier molecular flexibility index (Phi) is 5.93. The number of anilines is 1. The van der Waals surface area contributed by atoms with Gasteiger partial charge in [-0.1, -0.05) is 19.9 Å². The molecule has 4 nitrogen and oxygen atoms in total. The molecule has 0 fully saturated rings. The van der Waals surface area contributed by atoms with Crippen LogP contribution in [0.1, 0.15) is 27.7 Å². The molecule has 0 radical (unpaired) electrons. The maximum atomic E-state index is 11.3. The summed E-state index contributed by atoms with van der Waals surface area (Å²) in [4.78, 5) is 3.86. The highest BCUT2D eigenvalue weighted by Gasteiger charge is 2.15. The predicted molar refractivity (Wildman–Crippen MR) is 63.3 cm³/mol. The van der Waals surface area contributed by atoms with Crippen molar-refractivity contribution in [3.63, 3.8) is 0 Å². The number of sulfonamides is 1. The number of nitrogens with one attached hydrogen (secondary N) is 1. The maximum absolute atomic E-state index is 11.3. The third-order valence-electron chi connectivity index (χ3n) is 1.53. The minimum Gasteiger partial charge on any atom is -0.267 e. The lowest BCUT2D eigenvalue weighted by molar-refractivity contribution is 0.592. The van der Waals surface area contributed by atoms with E-state index in [1.54, 1.807) is 32.0 Å². The number of pyridine rings is 1. The molecule has 0 aromatic carbocycles. The summed E-state index contributed by atoms with van der Waals surface area (Å²) in [6.45, 7) is 7.23. The van der Waals surface area contributed by atoms with E-state index in [1.165, 1.54) is 6.20 Å². The molecule has 0 spiro atoms. The minimum atomic E-state index is -3.26. The van der Waals surface area contributed by atoms with E-state index in [4.69, 9.17) is 0 Å². The van der Waals surface area contributed by atoms with Crippen molar-refractivity contribution in [3.05, 3.63) is 24.4 Å². The monoisotopic (exact) mass is 230 g/mol. The maximum Gasteiger partial charge on any atom is 0.236 e. The normalized spacial score (nSPS) is 10.5. The highest BCUT2D eigenvalue weighted by Crippen LogP contribution is 2.07. The Bertz CT molecular complexity index is 360. The summed E-state index contributed by atoms with van der Waals surface area (Å²) in [7, 11) is -3.26. The smallest absolute Gasteiger partial charge is 0.236 e. The summed E-state index contributed by atoms with van der Waals surface area (Å²) >= 11 is 0. The van der Waals surface area contributed by atoms with Crippen LogP contribution in [-0.2, 0) is 10.0 Å². The third kappa shape index (κ3) is 4.78. The number of hydrogen-bond donors (Lipinski definition) is 1. The highest BCUT2D eigenvalue weighted by atomic mass is 32.2. The van der Waals surface area contributed by atoms with Crippen LogP contribution in [0.4, 0.5) is 5.82 Å². The van der Waals surface area contributed by atoms with Crippen LogP contribution in [-0.4, -0.2) is 18.7 Å². The molecule has 0 aliphatic heterocycles. The van der Waals surface area contributed by atoms with Crippen molar-refractivity contribution in [2.45, 2.75) is 32.9 Å². The Morgan fingerprint density at radius 1 is 1.27 bits per heavy atom. The molecular weight excluding hydrogens is 212 g/mol. The van der Waals surface area contributed by atoms with E-state index in [-0.39, 0.29) is 0 Å². The fourth-order valence-corrected chi connectivity index (χ4v) is 1.33. The van der Waals surface area contributed by atoms with E-state index in [0.29, 0.717) is 5.82 Å². The molecule has 0 bridgehead atoms. The van der Waals surface area contributed by atoms with Crippen LogP contribution in [0.3, 0.4) is 0 Å². The Morgan fingerprint density at radius 3 is 2.27 bits per heavy atom. The summed E-state index contributed by atoms with van der Waals surface area (Å²) < 4.78 is 25.1. The van der Waals surface area contributed by atoms with E-state index < -0.39 is 15.3 Å². The molecule has 1 N–H and O–H groups in total. The van der Waals surface area contributed by atoms with E-state index in [1.807, 2.05) is 13.8 Å². The second-order valence-corrected chi connectivity index (χ2v) is 5.15. The Labute approximate surface area is 91.8 Å². The molecule has 0 aliphatic rings. The summed E-state index contributed by atoms with van der Waals surface area (Å²) in [5.41, 5.74) is 0. The fourth-order valence-electron chi connectivity index (χ4n) is 0.687. The van der Waals surface area contributed by atoms with Crippen molar-refractivity contribution in [1.29, 1.82) is 0 Å². The van der Waals surface area contributed by atoms with Gasteiger partial charge in [-0.25, -0.2) is 13.4 Å². The van der Waals surface area contributed by atoms with Gasteiger partial charge in [-0.2, -0.15) is 0 Å². The Morgan fingerprint density at radius 2 is 1.87 bits per heavy atom. The standard InChI is InChI=1S/C8H12N2O2S.C2H6/c1-7(2)13(11,12)10-8-5-3-4-6-9-8;1-2/h3-7H,1-2H3,(H,9,10);1-2H3. The summed E-state index contributed by atoms with van der Waals surface area (Å²) in [6, 6.07) is 5.07. The van der Waals surface area contributed by atoms with Crippen LogP contribution in [0.5, 0.6) is 0 Å². The zero-order valence-corrected chi connectivity index (χ0v) is 10.4. The molecule has 1 rings (SSSR count). The van der Waals surface area contributed by atoms with Crippen molar-refractivity contribution < 1.29 is 8.42 Å². The lowest BCUT2D eigenvalue weighted by Gasteiger charge is -2.08. The fraction of sp³-hybridized carbons (Fsp3) is 0.500. The zero-order valence-electron chi connectivity index (χ0n) is 9.56. The SMILES string of the molecule is CC.CC(C)S(=O)(=O)Nc1ccccn1. The first-order valence-electron chi connectivity index (χ1n) is 4.95. The van der Waals surface area contributed by atoms with Gasteiger partial charge in [0.25, 0.3) is 0 Å². The summed E-state index contributed by atoms with van der Waals surface area (Å²) in [5.74, 6) is 0.358. The van der Waals surface area contributed by atoms with Gasteiger partial charge in [0.05, 0.1) is 5.25 Å². The van der Waals surface area contributed by atoms with Gasteiger partial charge in [0.15, 0.2) is 0 Å². The Balaban J connectivity index is 0.000000921. The molecule has 0 atom stereocenters. The van der Waals surface area contributed by atoms with Crippen LogP contribution in [0.25, 0.3) is 0 Å². The van der Waals surface area contributed by atoms with Gasteiger partial charge < -0.3 is 0 Å². The van der Waals surface area contributed by atoms with Gasteiger partial charge in [-0.3, -0.25) is 4.72 Å². The van der Waals surface area contributed by atoms with Gasteiger partial charge >= 0.3 is 0 Å². The van der Waals surface area contributed by atoms with Crippen molar-refractivity contribution in [2.75, 3.05) is 4.72 Å². The average molecular weight is 230 g/mol. The minimum absolute atomic E-state index is 0.358. The number of nitrogens with zero attached hydrogens (tertiary/aromatic N) is 1. The second kappa shape index (κ2) is 6.40. The van der Waals surface area contributed by atoms with Crippen molar-refractivity contribution in [2.24, 2.45) is 0 Å². The lowest BCUT2D eigenvalue weighted by Crippen LogP contribution is -2.22. The molecule has 1 aromatic heterocycles. The quantitative estimate of drug-likeness (QED) is 0.866. The first-order valence-corrected chi connectivity index (χ1v) is 6.49. The van der Waals surface area contributed by atoms with Crippen molar-refractivity contribution in [1.82, 2.24) is 4.98 Å². The average Bonchev–Trinajstić information content (AvgIpc) is 2.21. The third-order valence-corrected chi connectivity index (χ3v) is 3.27. The molecule has 15 heavy (non-hydrogen) atoms. The molecular formula is C10H18N2O2S.